The molecule has 0 aliphatic heterocycles. The van der Waals surface area contributed by atoms with Gasteiger partial charge >= 0.3 is 23.1 Å². The summed E-state index contributed by atoms with van der Waals surface area (Å²) in [5.41, 5.74) is 0. The van der Waals surface area contributed by atoms with Crippen LogP contribution in [-0.4, -0.2) is 29.7 Å². The van der Waals surface area contributed by atoms with Gasteiger partial charge in [-0.15, -0.1) is 6.61 Å². The van der Waals surface area contributed by atoms with Crippen molar-refractivity contribution < 1.29 is 17.5 Å². The van der Waals surface area contributed by atoms with E-state index in [-0.39, 0.29) is 42.1 Å². The Morgan fingerprint density at radius 1 is 0.833 bits per heavy atom. The van der Waals surface area contributed by atoms with Gasteiger partial charge in [0, 0.05) is 0 Å². The maximum absolute atomic E-state index is 10.0. The molecule has 12 heavy (non-hydrogen) atoms. The average Bonchev–Trinajstić information content (AvgIpc) is 1.97. The van der Waals surface area contributed by atoms with Crippen LogP contribution in [0.25, 0.3) is 0 Å². The first-order valence-corrected chi connectivity index (χ1v) is 4.29. The maximum Gasteiger partial charge on any atom is 2.00 e. The monoisotopic (exact) mass is 201 g/mol. The molecular formula is C9H18ClMgO-. The van der Waals surface area contributed by atoms with E-state index in [9.17, 15) is 5.11 Å². The van der Waals surface area contributed by atoms with E-state index in [1.165, 1.54) is 25.7 Å². The molecule has 70 valence electrons. The van der Waals surface area contributed by atoms with Gasteiger partial charge in [0.25, 0.3) is 0 Å². The first-order valence-electron chi connectivity index (χ1n) is 4.29. The topological polar surface area (TPSA) is 23.1 Å². The SMILES string of the molecule is [CH2-]CCCCCCCC[O-].[Cl-].[Mg+2]. The van der Waals surface area contributed by atoms with Crippen molar-refractivity contribution in [2.45, 2.75) is 44.9 Å². The molecule has 0 aliphatic rings. The van der Waals surface area contributed by atoms with E-state index in [0.29, 0.717) is 0 Å². The summed E-state index contributed by atoms with van der Waals surface area (Å²) in [5.74, 6) is 0. The molecule has 0 fully saturated rings. The smallest absolute Gasteiger partial charge is 1.00 e. The predicted octanol–water partition coefficient (Wildman–Crippen LogP) is -1.47. The molecule has 3 heteroatoms. The number of rotatable bonds is 7. The van der Waals surface area contributed by atoms with E-state index in [1.807, 2.05) is 0 Å². The van der Waals surface area contributed by atoms with E-state index < -0.39 is 0 Å². The van der Waals surface area contributed by atoms with Gasteiger partial charge in [0.05, 0.1) is 0 Å². The zero-order chi connectivity index (χ0) is 7.66. The van der Waals surface area contributed by atoms with Crippen molar-refractivity contribution in [1.82, 2.24) is 0 Å². The van der Waals surface area contributed by atoms with Gasteiger partial charge in [0.1, 0.15) is 0 Å². The van der Waals surface area contributed by atoms with Gasteiger partial charge in [-0.3, -0.25) is 0 Å². The van der Waals surface area contributed by atoms with Crippen LogP contribution < -0.4 is 17.5 Å². The van der Waals surface area contributed by atoms with Crippen LogP contribution in [0.3, 0.4) is 0 Å². The first-order chi connectivity index (χ1) is 4.91. The van der Waals surface area contributed by atoms with E-state index in [2.05, 4.69) is 6.92 Å². The molecule has 0 atom stereocenters. The van der Waals surface area contributed by atoms with E-state index in [0.717, 1.165) is 19.3 Å². The summed E-state index contributed by atoms with van der Waals surface area (Å²) in [6.07, 6.45) is 8.12. The second-order valence-electron chi connectivity index (χ2n) is 2.68. The summed E-state index contributed by atoms with van der Waals surface area (Å²) in [4.78, 5) is 0. The third-order valence-electron chi connectivity index (χ3n) is 1.64. The van der Waals surface area contributed by atoms with Crippen LogP contribution in [0.4, 0.5) is 0 Å². The van der Waals surface area contributed by atoms with Gasteiger partial charge in [0.15, 0.2) is 0 Å². The summed E-state index contributed by atoms with van der Waals surface area (Å²) in [7, 11) is 0. The Morgan fingerprint density at radius 2 is 1.25 bits per heavy atom. The summed E-state index contributed by atoms with van der Waals surface area (Å²) in [6, 6.07) is 0. The van der Waals surface area contributed by atoms with Gasteiger partial charge in [-0.2, -0.15) is 6.42 Å². The Morgan fingerprint density at radius 3 is 1.67 bits per heavy atom. The van der Waals surface area contributed by atoms with Crippen LogP contribution >= 0.6 is 0 Å². The molecule has 0 unspecified atom stereocenters. The van der Waals surface area contributed by atoms with Crippen molar-refractivity contribution >= 4 is 23.1 Å². The van der Waals surface area contributed by atoms with Crippen molar-refractivity contribution in [2.75, 3.05) is 6.61 Å². The molecule has 0 aromatic carbocycles. The predicted molar refractivity (Wildman–Crippen MR) is 48.3 cm³/mol. The quantitative estimate of drug-likeness (QED) is 0.281. The molecule has 1 nitrogen and oxygen atoms in total. The molecule has 0 N–H and O–H groups in total. The minimum absolute atomic E-state index is 0. The molecule has 0 saturated carbocycles. The van der Waals surface area contributed by atoms with Gasteiger partial charge in [0.2, 0.25) is 0 Å². The van der Waals surface area contributed by atoms with Crippen molar-refractivity contribution in [3.8, 4) is 0 Å². The standard InChI is InChI=1S/C9H18O.ClH.Mg/c1-2-3-4-5-6-7-8-9-10;;/h1-9H2;1H;/q-2;;+2/p-1. The van der Waals surface area contributed by atoms with Crippen molar-refractivity contribution in [1.29, 1.82) is 0 Å². The Balaban J connectivity index is -0.000000405. The molecule has 0 bridgehead atoms. The van der Waals surface area contributed by atoms with Gasteiger partial charge < -0.3 is 24.4 Å². The van der Waals surface area contributed by atoms with Crippen LogP contribution in [0.15, 0.2) is 0 Å². The van der Waals surface area contributed by atoms with Crippen LogP contribution in [-0.2, 0) is 0 Å². The Bertz CT molecular complexity index is 54.5. The summed E-state index contributed by atoms with van der Waals surface area (Å²) < 4.78 is 0. The summed E-state index contributed by atoms with van der Waals surface area (Å²) in [5, 5.41) is 10.0. The minimum atomic E-state index is 0. The fraction of sp³-hybridized carbons (Fsp3) is 0.889. The van der Waals surface area contributed by atoms with Crippen LogP contribution in [0.1, 0.15) is 44.9 Å². The Labute approximate surface area is 98.9 Å². The fourth-order valence-electron chi connectivity index (χ4n) is 0.986. The molecule has 0 saturated heterocycles. The average molecular weight is 202 g/mol. The van der Waals surface area contributed by atoms with Crippen molar-refractivity contribution in [3.63, 3.8) is 0 Å². The zero-order valence-corrected chi connectivity index (χ0v) is 10.0. The molecule has 0 rings (SSSR count). The number of halogens is 1. The normalized spacial score (nSPS) is 8.50. The minimum Gasteiger partial charge on any atom is -1.00 e. The number of hydrogen-bond acceptors (Lipinski definition) is 1. The summed E-state index contributed by atoms with van der Waals surface area (Å²) in [6.45, 7) is 3.88. The van der Waals surface area contributed by atoms with Crippen LogP contribution in [0.2, 0.25) is 0 Å². The number of unbranched alkanes of at least 4 members (excludes halogenated alkanes) is 6. The summed E-state index contributed by atoms with van der Waals surface area (Å²) >= 11 is 0. The molecule has 0 amide bonds. The molecule has 0 spiro atoms. The Hall–Kier alpha value is 1.02. The third-order valence-corrected chi connectivity index (χ3v) is 1.64. The fourth-order valence-corrected chi connectivity index (χ4v) is 0.986. The number of hydrogen-bond donors (Lipinski definition) is 0. The molecule has 0 radical (unpaired) electrons. The van der Waals surface area contributed by atoms with Crippen molar-refractivity contribution in [2.24, 2.45) is 0 Å². The van der Waals surface area contributed by atoms with E-state index >= 15 is 0 Å². The molecule has 0 aliphatic carbocycles. The van der Waals surface area contributed by atoms with Crippen LogP contribution in [0, 0.1) is 6.92 Å². The molecule has 0 aromatic rings. The molecule has 0 heterocycles. The second kappa shape index (κ2) is 17.9. The van der Waals surface area contributed by atoms with E-state index in [4.69, 9.17) is 0 Å². The maximum atomic E-state index is 10.0. The van der Waals surface area contributed by atoms with Gasteiger partial charge in [-0.25, -0.2) is 0 Å². The second-order valence-corrected chi connectivity index (χ2v) is 2.68. The molecular weight excluding hydrogens is 184 g/mol. The van der Waals surface area contributed by atoms with Crippen LogP contribution in [0.5, 0.6) is 0 Å². The zero-order valence-electron chi connectivity index (χ0n) is 7.86. The van der Waals surface area contributed by atoms with E-state index in [1.54, 1.807) is 0 Å². The first kappa shape index (κ1) is 18.7. The largest absolute Gasteiger partial charge is 2.00 e. The van der Waals surface area contributed by atoms with Gasteiger partial charge in [-0.1, -0.05) is 38.5 Å². The Kier molecular flexibility index (Phi) is 28.0. The third kappa shape index (κ3) is 17.2. The van der Waals surface area contributed by atoms with Gasteiger partial charge in [-0.05, 0) is 0 Å². The van der Waals surface area contributed by atoms with Crippen molar-refractivity contribution in [3.05, 3.63) is 6.92 Å². The molecule has 0 aromatic heterocycles.